The summed E-state index contributed by atoms with van der Waals surface area (Å²) < 4.78 is 45.2. The number of nitrogens with zero attached hydrogens (tertiary/aromatic N) is 2. The van der Waals surface area contributed by atoms with Crippen LogP contribution in [0.3, 0.4) is 0 Å². The monoisotopic (exact) mass is 369 g/mol. The van der Waals surface area contributed by atoms with Gasteiger partial charge in [0.05, 0.1) is 24.0 Å². The fourth-order valence-electron chi connectivity index (χ4n) is 2.67. The van der Waals surface area contributed by atoms with Gasteiger partial charge in [0.2, 0.25) is 10.0 Å². The molecule has 25 heavy (non-hydrogen) atoms. The summed E-state index contributed by atoms with van der Waals surface area (Å²) in [4.78, 5) is 11.5. The van der Waals surface area contributed by atoms with Crippen molar-refractivity contribution in [3.8, 4) is 6.07 Å². The number of carbonyl (C=O) groups excluding carboxylic acids is 1. The van der Waals surface area contributed by atoms with Crippen molar-refractivity contribution < 1.29 is 22.3 Å². The fourth-order valence-corrected chi connectivity index (χ4v) is 4.30. The number of hydrogen-bond donors (Lipinski definition) is 1. The van der Waals surface area contributed by atoms with Gasteiger partial charge in [-0.05, 0) is 31.9 Å². The van der Waals surface area contributed by atoms with Crippen LogP contribution in [0.1, 0.15) is 30.9 Å². The molecular weight excluding hydrogens is 349 g/mol. The smallest absolute Gasteiger partial charge is 0.407 e. The number of amides is 1. The number of benzene rings is 1. The van der Waals surface area contributed by atoms with Gasteiger partial charge in [-0.2, -0.15) is 9.57 Å². The summed E-state index contributed by atoms with van der Waals surface area (Å²) in [7, 11) is -3.74. The zero-order valence-corrected chi connectivity index (χ0v) is 14.7. The van der Waals surface area contributed by atoms with Crippen LogP contribution < -0.4 is 5.32 Å². The number of sulfonamides is 1. The molecule has 0 spiro atoms. The quantitative estimate of drug-likeness (QED) is 0.852. The maximum absolute atomic E-state index is 14.0. The number of nitriles is 1. The van der Waals surface area contributed by atoms with Crippen LogP contribution >= 0.6 is 0 Å². The Balaban J connectivity index is 2.06. The Labute approximate surface area is 146 Å². The third-order valence-electron chi connectivity index (χ3n) is 3.89. The predicted molar refractivity (Wildman–Crippen MR) is 88.5 cm³/mol. The second-order valence-corrected chi connectivity index (χ2v) is 7.71. The van der Waals surface area contributed by atoms with Crippen LogP contribution in [0.5, 0.6) is 0 Å². The number of carbonyl (C=O) groups is 1. The van der Waals surface area contributed by atoms with Gasteiger partial charge in [-0.1, -0.05) is 6.07 Å². The van der Waals surface area contributed by atoms with Crippen LogP contribution in [-0.2, 0) is 20.5 Å². The Morgan fingerprint density at radius 1 is 1.52 bits per heavy atom. The molecule has 0 saturated carbocycles. The molecule has 1 unspecified atom stereocenters. The minimum Gasteiger partial charge on any atom is -0.450 e. The Bertz CT molecular complexity index is 776. The van der Waals surface area contributed by atoms with Crippen LogP contribution in [0, 0.1) is 17.1 Å². The predicted octanol–water partition coefficient (Wildman–Crippen LogP) is 1.74. The van der Waals surface area contributed by atoms with E-state index in [-0.39, 0.29) is 30.3 Å². The first kappa shape index (κ1) is 19.1. The maximum Gasteiger partial charge on any atom is 0.407 e. The van der Waals surface area contributed by atoms with Crippen molar-refractivity contribution in [1.82, 2.24) is 9.62 Å². The van der Waals surface area contributed by atoms with Crippen LogP contribution in [0.2, 0.25) is 0 Å². The summed E-state index contributed by atoms with van der Waals surface area (Å²) in [5.74, 6) is -1.21. The molecule has 136 valence electrons. The molecule has 1 atom stereocenters. The molecule has 1 aliphatic heterocycles. The van der Waals surface area contributed by atoms with Gasteiger partial charge in [-0.15, -0.1) is 0 Å². The van der Waals surface area contributed by atoms with E-state index in [0.717, 1.165) is 6.07 Å². The van der Waals surface area contributed by atoms with Crippen molar-refractivity contribution in [2.45, 2.75) is 31.6 Å². The summed E-state index contributed by atoms with van der Waals surface area (Å²) in [5, 5.41) is 11.4. The largest absolute Gasteiger partial charge is 0.450 e. The topological polar surface area (TPSA) is 99.5 Å². The van der Waals surface area contributed by atoms with Crippen molar-refractivity contribution in [3.05, 3.63) is 35.1 Å². The Kier molecular flexibility index (Phi) is 6.33. The molecule has 7 nitrogen and oxygen atoms in total. The number of alkyl carbamates (subject to hydrolysis) is 1. The van der Waals surface area contributed by atoms with Gasteiger partial charge in [-0.25, -0.2) is 17.6 Å². The highest BCUT2D eigenvalue weighted by Gasteiger charge is 2.30. The molecule has 1 aromatic carbocycles. The van der Waals surface area contributed by atoms with E-state index in [1.807, 2.05) is 0 Å². The number of hydrogen-bond acceptors (Lipinski definition) is 5. The molecular formula is C16H20FN3O4S. The third-order valence-corrected chi connectivity index (χ3v) is 5.69. The highest BCUT2D eigenvalue weighted by Crippen LogP contribution is 2.20. The van der Waals surface area contributed by atoms with Crippen molar-refractivity contribution in [1.29, 1.82) is 5.26 Å². The molecule has 2 rings (SSSR count). The van der Waals surface area contributed by atoms with Crippen LogP contribution in [-0.4, -0.2) is 44.6 Å². The minimum absolute atomic E-state index is 0.0134. The molecule has 1 saturated heterocycles. The van der Waals surface area contributed by atoms with E-state index in [1.54, 1.807) is 13.0 Å². The van der Waals surface area contributed by atoms with E-state index < -0.39 is 27.7 Å². The normalized spacial score (nSPS) is 18.4. The summed E-state index contributed by atoms with van der Waals surface area (Å²) >= 11 is 0. The minimum atomic E-state index is -3.74. The van der Waals surface area contributed by atoms with E-state index in [1.165, 1.54) is 16.4 Å². The lowest BCUT2D eigenvalue weighted by Crippen LogP contribution is -2.49. The first-order valence-corrected chi connectivity index (χ1v) is 9.56. The maximum atomic E-state index is 14.0. The van der Waals surface area contributed by atoms with Crippen molar-refractivity contribution in [3.63, 3.8) is 0 Å². The van der Waals surface area contributed by atoms with E-state index in [2.05, 4.69) is 5.32 Å². The van der Waals surface area contributed by atoms with E-state index in [9.17, 15) is 17.6 Å². The lowest BCUT2D eigenvalue weighted by Gasteiger charge is -2.32. The standard InChI is InChI=1S/C16H20FN3O4S/c1-2-24-16(21)19-14-4-3-7-20(10-14)25(22,23)11-13-6-5-12(9-18)8-15(13)17/h5-6,8,14H,2-4,7,10-11H2,1H3,(H,19,21). The summed E-state index contributed by atoms with van der Waals surface area (Å²) in [6, 6.07) is 5.18. The number of nitrogens with one attached hydrogen (secondary N) is 1. The third kappa shape index (κ3) is 5.14. The zero-order chi connectivity index (χ0) is 18.4. The molecule has 0 aliphatic carbocycles. The molecule has 1 amide bonds. The number of halogens is 1. The van der Waals surface area contributed by atoms with E-state index in [0.29, 0.717) is 19.4 Å². The first-order chi connectivity index (χ1) is 11.9. The molecule has 0 radical (unpaired) electrons. The van der Waals surface area contributed by atoms with Gasteiger partial charge >= 0.3 is 6.09 Å². The van der Waals surface area contributed by atoms with Crippen molar-refractivity contribution >= 4 is 16.1 Å². The van der Waals surface area contributed by atoms with Gasteiger partial charge in [0.25, 0.3) is 0 Å². The van der Waals surface area contributed by atoms with Crippen LogP contribution in [0.4, 0.5) is 9.18 Å². The SMILES string of the molecule is CCOC(=O)NC1CCCN(S(=O)(=O)Cc2ccc(C#N)cc2F)C1. The fraction of sp³-hybridized carbons (Fsp3) is 0.500. The summed E-state index contributed by atoms with van der Waals surface area (Å²) in [6.45, 7) is 2.36. The lowest BCUT2D eigenvalue weighted by molar-refractivity contribution is 0.142. The highest BCUT2D eigenvalue weighted by molar-refractivity contribution is 7.88. The van der Waals surface area contributed by atoms with E-state index >= 15 is 0 Å². The Hall–Kier alpha value is -2.18. The second-order valence-electron chi connectivity index (χ2n) is 5.74. The van der Waals surface area contributed by atoms with Gasteiger partial charge in [0.15, 0.2) is 0 Å². The molecule has 1 heterocycles. The number of rotatable bonds is 5. The zero-order valence-electron chi connectivity index (χ0n) is 13.9. The second kappa shape index (κ2) is 8.27. The number of ether oxygens (including phenoxy) is 1. The highest BCUT2D eigenvalue weighted by atomic mass is 32.2. The van der Waals surface area contributed by atoms with Gasteiger partial charge < -0.3 is 10.1 Å². The summed E-state index contributed by atoms with van der Waals surface area (Å²) in [5.41, 5.74) is 0.148. The Morgan fingerprint density at radius 3 is 2.92 bits per heavy atom. The van der Waals surface area contributed by atoms with Crippen molar-refractivity contribution in [2.24, 2.45) is 0 Å². The molecule has 1 fully saturated rings. The molecule has 0 bridgehead atoms. The number of piperidine rings is 1. The lowest BCUT2D eigenvalue weighted by atomic mass is 10.1. The molecule has 0 aromatic heterocycles. The Morgan fingerprint density at radius 2 is 2.28 bits per heavy atom. The van der Waals surface area contributed by atoms with Crippen LogP contribution in [0.25, 0.3) is 0 Å². The molecule has 1 aliphatic rings. The van der Waals surface area contributed by atoms with Crippen LogP contribution in [0.15, 0.2) is 18.2 Å². The molecule has 1 aromatic rings. The van der Waals surface area contributed by atoms with E-state index in [4.69, 9.17) is 10.00 Å². The summed E-state index contributed by atoms with van der Waals surface area (Å²) in [6.07, 6.45) is 0.659. The molecule has 9 heteroatoms. The van der Waals surface area contributed by atoms with Gasteiger partial charge in [-0.3, -0.25) is 0 Å². The first-order valence-electron chi connectivity index (χ1n) is 7.95. The average Bonchev–Trinajstić information content (AvgIpc) is 2.57. The molecule has 1 N–H and O–H groups in total. The van der Waals surface area contributed by atoms with Crippen molar-refractivity contribution in [2.75, 3.05) is 19.7 Å². The average molecular weight is 369 g/mol. The van der Waals surface area contributed by atoms with Gasteiger partial charge in [0.1, 0.15) is 5.82 Å². The van der Waals surface area contributed by atoms with Gasteiger partial charge in [0, 0.05) is 24.7 Å².